The Morgan fingerprint density at radius 3 is 2.75 bits per heavy atom. The van der Waals surface area contributed by atoms with Crippen LogP contribution in [0.1, 0.15) is 24.0 Å². The van der Waals surface area contributed by atoms with Crippen LogP contribution in [0.25, 0.3) is 0 Å². The Kier molecular flexibility index (Phi) is 4.98. The number of carbonyl (C=O) groups is 1. The molecule has 0 aromatic heterocycles. The number of hydrogen-bond donors (Lipinski definition) is 4. The van der Waals surface area contributed by atoms with Crippen LogP contribution >= 0.6 is 0 Å². The van der Waals surface area contributed by atoms with Crippen LogP contribution in [0, 0.1) is 6.92 Å². The smallest absolute Gasteiger partial charge is 0.315 e. The van der Waals surface area contributed by atoms with E-state index in [0.29, 0.717) is 13.1 Å². The summed E-state index contributed by atoms with van der Waals surface area (Å²) >= 11 is 0. The van der Waals surface area contributed by atoms with Crippen LogP contribution < -0.4 is 16.0 Å². The fourth-order valence-electron chi connectivity index (χ4n) is 2.30. The van der Waals surface area contributed by atoms with Crippen molar-refractivity contribution in [3.8, 4) is 0 Å². The number of benzene rings is 1. The zero-order chi connectivity index (χ0) is 14.4. The zero-order valence-electron chi connectivity index (χ0n) is 11.9. The van der Waals surface area contributed by atoms with E-state index in [1.54, 1.807) is 0 Å². The first-order valence-corrected chi connectivity index (χ1v) is 7.08. The van der Waals surface area contributed by atoms with Gasteiger partial charge in [-0.25, -0.2) is 4.79 Å². The lowest BCUT2D eigenvalue weighted by atomic mass is 9.94. The molecule has 1 aromatic carbocycles. The van der Waals surface area contributed by atoms with Gasteiger partial charge in [0, 0.05) is 19.6 Å². The number of nitrogens with one attached hydrogen (secondary N) is 3. The van der Waals surface area contributed by atoms with Gasteiger partial charge >= 0.3 is 6.03 Å². The molecule has 1 aliphatic rings. The molecule has 1 fully saturated rings. The van der Waals surface area contributed by atoms with Crippen LogP contribution in [0.3, 0.4) is 0 Å². The highest BCUT2D eigenvalue weighted by Crippen LogP contribution is 2.14. The molecule has 0 saturated carbocycles. The fraction of sp³-hybridized carbons (Fsp3) is 0.533. The largest absolute Gasteiger partial charge is 0.387 e. The van der Waals surface area contributed by atoms with Crippen LogP contribution in [0.15, 0.2) is 24.3 Å². The molecule has 2 rings (SSSR count). The van der Waals surface area contributed by atoms with Crippen LogP contribution in [0.2, 0.25) is 0 Å². The summed E-state index contributed by atoms with van der Waals surface area (Å²) < 4.78 is 0. The van der Waals surface area contributed by atoms with Gasteiger partial charge in [0.1, 0.15) is 0 Å². The third-order valence-electron chi connectivity index (χ3n) is 3.60. The highest BCUT2D eigenvalue weighted by molar-refractivity contribution is 5.73. The molecule has 110 valence electrons. The number of piperidine rings is 1. The first-order chi connectivity index (χ1) is 9.57. The third-order valence-corrected chi connectivity index (χ3v) is 3.60. The third kappa shape index (κ3) is 4.51. The van der Waals surface area contributed by atoms with E-state index in [1.165, 1.54) is 5.56 Å². The second-order valence-corrected chi connectivity index (χ2v) is 5.53. The lowest BCUT2D eigenvalue weighted by molar-refractivity contribution is 0.0194. The Morgan fingerprint density at radius 1 is 1.35 bits per heavy atom. The van der Waals surface area contributed by atoms with Gasteiger partial charge in [-0.05, 0) is 31.9 Å². The van der Waals surface area contributed by atoms with Crippen molar-refractivity contribution in [1.82, 2.24) is 16.0 Å². The summed E-state index contributed by atoms with van der Waals surface area (Å²) in [5.74, 6) is 0. The normalized spacial score (nSPS) is 22.3. The Bertz CT molecular complexity index is 439. The maximum atomic E-state index is 11.7. The molecule has 0 aliphatic carbocycles. The fourth-order valence-corrected chi connectivity index (χ4v) is 2.30. The van der Waals surface area contributed by atoms with Crippen molar-refractivity contribution in [3.05, 3.63) is 35.4 Å². The summed E-state index contributed by atoms with van der Waals surface area (Å²) in [6, 6.07) is 7.78. The van der Waals surface area contributed by atoms with E-state index in [9.17, 15) is 9.90 Å². The minimum absolute atomic E-state index is 0.246. The Hall–Kier alpha value is -1.59. The number of carbonyl (C=O) groups excluding carboxylic acids is 1. The Labute approximate surface area is 119 Å². The van der Waals surface area contributed by atoms with Gasteiger partial charge in [-0.2, -0.15) is 0 Å². The van der Waals surface area contributed by atoms with Gasteiger partial charge in [0.05, 0.1) is 5.60 Å². The minimum atomic E-state index is -0.820. The number of aryl methyl sites for hydroxylation is 1. The number of rotatable bonds is 4. The molecular formula is C15H23N3O2. The molecule has 1 atom stereocenters. The number of hydrogen-bond acceptors (Lipinski definition) is 3. The van der Waals surface area contributed by atoms with E-state index < -0.39 is 5.60 Å². The number of amides is 2. The first-order valence-electron chi connectivity index (χ1n) is 7.08. The van der Waals surface area contributed by atoms with Crippen molar-refractivity contribution in [1.29, 1.82) is 0 Å². The van der Waals surface area contributed by atoms with E-state index in [-0.39, 0.29) is 12.6 Å². The standard InChI is InChI=1S/C15H23N3O2/c1-12-3-5-13(6-4-12)9-17-14(19)18-11-15(20)7-2-8-16-10-15/h3-6,16,20H,2,7-11H2,1H3,(H2,17,18,19). The molecule has 0 radical (unpaired) electrons. The van der Waals surface area contributed by atoms with Gasteiger partial charge in [0.15, 0.2) is 0 Å². The molecule has 20 heavy (non-hydrogen) atoms. The second kappa shape index (κ2) is 6.72. The molecule has 1 aromatic rings. The van der Waals surface area contributed by atoms with Crippen LogP contribution in [0.4, 0.5) is 4.79 Å². The summed E-state index contributed by atoms with van der Waals surface area (Å²) in [5.41, 5.74) is 1.44. The van der Waals surface area contributed by atoms with Gasteiger partial charge in [-0.1, -0.05) is 29.8 Å². The zero-order valence-corrected chi connectivity index (χ0v) is 11.9. The average Bonchev–Trinajstić information content (AvgIpc) is 2.45. The minimum Gasteiger partial charge on any atom is -0.387 e. The van der Waals surface area contributed by atoms with E-state index in [1.807, 2.05) is 31.2 Å². The van der Waals surface area contributed by atoms with Crippen LogP contribution in [0.5, 0.6) is 0 Å². The highest BCUT2D eigenvalue weighted by atomic mass is 16.3. The molecule has 0 bridgehead atoms. The van der Waals surface area contributed by atoms with Crippen molar-refractivity contribution in [3.63, 3.8) is 0 Å². The van der Waals surface area contributed by atoms with E-state index in [2.05, 4.69) is 16.0 Å². The lowest BCUT2D eigenvalue weighted by Gasteiger charge is -2.32. The van der Waals surface area contributed by atoms with Crippen molar-refractivity contribution < 1.29 is 9.90 Å². The van der Waals surface area contributed by atoms with E-state index >= 15 is 0 Å². The van der Waals surface area contributed by atoms with E-state index in [4.69, 9.17) is 0 Å². The second-order valence-electron chi connectivity index (χ2n) is 5.53. The number of aliphatic hydroxyl groups is 1. The molecule has 0 spiro atoms. The predicted molar refractivity (Wildman–Crippen MR) is 78.5 cm³/mol. The van der Waals surface area contributed by atoms with E-state index in [0.717, 1.165) is 24.9 Å². The lowest BCUT2D eigenvalue weighted by Crippen LogP contribution is -2.54. The monoisotopic (exact) mass is 277 g/mol. The first kappa shape index (κ1) is 14.8. The molecule has 1 unspecified atom stereocenters. The number of urea groups is 1. The molecule has 1 heterocycles. The van der Waals surface area contributed by atoms with Gasteiger partial charge in [0.2, 0.25) is 0 Å². The molecule has 5 heteroatoms. The predicted octanol–water partition coefficient (Wildman–Crippen LogP) is 0.909. The SMILES string of the molecule is Cc1ccc(CNC(=O)NCC2(O)CCCNC2)cc1. The van der Waals surface area contributed by atoms with Crippen molar-refractivity contribution in [2.24, 2.45) is 0 Å². The Morgan fingerprint density at radius 2 is 2.10 bits per heavy atom. The van der Waals surface area contributed by atoms with Crippen LogP contribution in [-0.4, -0.2) is 36.4 Å². The summed E-state index contributed by atoms with van der Waals surface area (Å²) in [5, 5.41) is 18.9. The van der Waals surface area contributed by atoms with Gasteiger partial charge in [-0.3, -0.25) is 0 Å². The molecule has 4 N–H and O–H groups in total. The number of β-amino-alcohol motifs (C(OH)–C–C–N with tert-alkyl or cyclic N) is 1. The van der Waals surface area contributed by atoms with Gasteiger partial charge in [-0.15, -0.1) is 0 Å². The summed E-state index contributed by atoms with van der Waals surface area (Å²) in [4.78, 5) is 11.7. The summed E-state index contributed by atoms with van der Waals surface area (Å²) in [6.45, 7) is 4.26. The summed E-state index contributed by atoms with van der Waals surface area (Å²) in [6.07, 6.45) is 1.65. The van der Waals surface area contributed by atoms with Crippen molar-refractivity contribution >= 4 is 6.03 Å². The molecule has 1 aliphatic heterocycles. The van der Waals surface area contributed by atoms with Gasteiger partial charge in [0.25, 0.3) is 0 Å². The maximum Gasteiger partial charge on any atom is 0.315 e. The molecule has 2 amide bonds. The highest BCUT2D eigenvalue weighted by Gasteiger charge is 2.29. The summed E-state index contributed by atoms with van der Waals surface area (Å²) in [7, 11) is 0. The quantitative estimate of drug-likeness (QED) is 0.661. The topological polar surface area (TPSA) is 73.4 Å². The van der Waals surface area contributed by atoms with Crippen molar-refractivity contribution in [2.75, 3.05) is 19.6 Å². The van der Waals surface area contributed by atoms with Crippen molar-refractivity contribution in [2.45, 2.75) is 31.9 Å². The maximum absolute atomic E-state index is 11.7. The Balaban J connectivity index is 1.71. The van der Waals surface area contributed by atoms with Gasteiger partial charge < -0.3 is 21.1 Å². The average molecular weight is 277 g/mol. The molecule has 1 saturated heterocycles. The molecule has 5 nitrogen and oxygen atoms in total. The molecular weight excluding hydrogens is 254 g/mol. The van der Waals surface area contributed by atoms with Crippen LogP contribution in [-0.2, 0) is 6.54 Å².